The lowest BCUT2D eigenvalue weighted by atomic mass is 9.80. The second-order valence-corrected chi connectivity index (χ2v) is 9.75. The molecule has 4 N–H and O–H groups in total. The van der Waals surface area contributed by atoms with Crippen LogP contribution in [0.1, 0.15) is 48.3 Å². The molecule has 1 amide bonds. The van der Waals surface area contributed by atoms with Crippen molar-refractivity contribution in [2.75, 3.05) is 25.6 Å². The maximum Gasteiger partial charge on any atom is 0.275 e. The molecule has 0 spiro atoms. The van der Waals surface area contributed by atoms with Crippen molar-refractivity contribution in [1.29, 1.82) is 5.41 Å². The highest BCUT2D eigenvalue weighted by atomic mass is 32.2. The Hall–Kier alpha value is -3.16. The smallest absolute Gasteiger partial charge is 0.275 e. The van der Waals surface area contributed by atoms with Gasteiger partial charge in [0.05, 0.1) is 19.0 Å². The van der Waals surface area contributed by atoms with Gasteiger partial charge in [0.25, 0.3) is 5.91 Å². The van der Waals surface area contributed by atoms with Gasteiger partial charge in [0.1, 0.15) is 11.5 Å². The summed E-state index contributed by atoms with van der Waals surface area (Å²) in [7, 11) is 1.58. The predicted octanol–water partition coefficient (Wildman–Crippen LogP) is 3.96. The number of nitrogens with one attached hydrogen (secondary N) is 2. The number of anilines is 1. The average Bonchev–Trinajstić information content (AvgIpc) is 2.78. The molecule has 0 saturated carbocycles. The molecule has 182 valence electrons. The standard InChI is InChI=1S/C24H30FN5O3S/c1-7-8-33-20-12-28-19(11-29-20)22(31)30-17-9-14(2)21(25)18(10-17)15(3)16(4)24(5,13-32-6)34-23(26)27/h1,9-12,15-16H,8,13H2,2-6H3,(H3,26,27)(H,30,31)/t15-,16-,24+/m0/s1. The largest absolute Gasteiger partial charge is 0.463 e. The van der Waals surface area contributed by atoms with Gasteiger partial charge in [0, 0.05) is 17.5 Å². The first-order valence-corrected chi connectivity index (χ1v) is 11.4. The summed E-state index contributed by atoms with van der Waals surface area (Å²) in [5, 5.41) is 10.4. The second-order valence-electron chi connectivity index (χ2n) is 8.17. The summed E-state index contributed by atoms with van der Waals surface area (Å²) in [6, 6.07) is 3.18. The maximum atomic E-state index is 15.2. The third-order valence-corrected chi connectivity index (χ3v) is 6.86. The van der Waals surface area contributed by atoms with Gasteiger partial charge in [-0.15, -0.1) is 6.42 Å². The van der Waals surface area contributed by atoms with Crippen LogP contribution >= 0.6 is 11.8 Å². The Kier molecular flexibility index (Phi) is 9.41. The number of hydrogen-bond acceptors (Lipinski definition) is 7. The Labute approximate surface area is 203 Å². The van der Waals surface area contributed by atoms with Crippen LogP contribution in [-0.4, -0.2) is 46.1 Å². The quantitative estimate of drug-likeness (QED) is 0.263. The topological polar surface area (TPSA) is 123 Å². The van der Waals surface area contributed by atoms with Gasteiger partial charge < -0.3 is 20.5 Å². The first-order valence-electron chi connectivity index (χ1n) is 10.5. The summed E-state index contributed by atoms with van der Waals surface area (Å²) >= 11 is 1.19. The molecule has 2 rings (SSSR count). The third-order valence-electron chi connectivity index (χ3n) is 5.68. The number of aryl methyl sites for hydroxylation is 1. The minimum atomic E-state index is -0.557. The van der Waals surface area contributed by atoms with Gasteiger partial charge in [0.2, 0.25) is 5.88 Å². The van der Waals surface area contributed by atoms with E-state index in [4.69, 9.17) is 27.0 Å². The molecule has 0 saturated heterocycles. The molecule has 0 unspecified atom stereocenters. The number of aromatic nitrogens is 2. The molecule has 3 atom stereocenters. The number of benzene rings is 1. The van der Waals surface area contributed by atoms with Gasteiger partial charge in [0.15, 0.2) is 11.8 Å². The molecule has 8 nitrogen and oxygen atoms in total. The van der Waals surface area contributed by atoms with E-state index in [-0.39, 0.29) is 41.0 Å². The summed E-state index contributed by atoms with van der Waals surface area (Å²) in [6.07, 6.45) is 7.72. The SMILES string of the molecule is C#CCOc1cnc(C(=O)Nc2cc(C)c(F)c([C@@H](C)[C@H](C)[C@@](C)(COC)SC(=N)N)c2)cn1. The number of methoxy groups -OCH3 is 1. The molecule has 10 heteroatoms. The van der Waals surface area contributed by atoms with Gasteiger partial charge in [-0.1, -0.05) is 31.5 Å². The fourth-order valence-corrected chi connectivity index (χ4v) is 4.68. The van der Waals surface area contributed by atoms with E-state index in [9.17, 15) is 4.79 Å². The number of nitrogens with two attached hydrogens (primary N) is 1. The van der Waals surface area contributed by atoms with Crippen LogP contribution in [0, 0.1) is 36.4 Å². The zero-order valence-electron chi connectivity index (χ0n) is 19.9. The number of halogens is 1. The molecule has 0 aliphatic carbocycles. The van der Waals surface area contributed by atoms with E-state index < -0.39 is 10.7 Å². The lowest BCUT2D eigenvalue weighted by Crippen LogP contribution is -2.39. The number of hydrogen-bond donors (Lipinski definition) is 3. The van der Waals surface area contributed by atoms with Crippen molar-refractivity contribution in [2.24, 2.45) is 11.7 Å². The van der Waals surface area contributed by atoms with E-state index in [1.54, 1.807) is 26.2 Å². The second kappa shape index (κ2) is 11.8. The average molecular weight is 488 g/mol. The van der Waals surface area contributed by atoms with Crippen LogP contribution < -0.4 is 15.8 Å². The molecule has 34 heavy (non-hydrogen) atoms. The molecule has 0 aliphatic heterocycles. The van der Waals surface area contributed by atoms with Crippen LogP contribution in [0.4, 0.5) is 10.1 Å². The van der Waals surface area contributed by atoms with Crippen molar-refractivity contribution < 1.29 is 18.7 Å². The van der Waals surface area contributed by atoms with Crippen LogP contribution in [-0.2, 0) is 4.74 Å². The first-order chi connectivity index (χ1) is 16.0. The number of rotatable bonds is 10. The Morgan fingerprint density at radius 3 is 2.65 bits per heavy atom. The lowest BCUT2D eigenvalue weighted by molar-refractivity contribution is 0.102. The Balaban J connectivity index is 2.29. The van der Waals surface area contributed by atoms with Crippen molar-refractivity contribution in [3.05, 3.63) is 47.2 Å². The fourth-order valence-electron chi connectivity index (χ4n) is 3.61. The van der Waals surface area contributed by atoms with Gasteiger partial charge in [-0.3, -0.25) is 10.2 Å². The highest BCUT2D eigenvalue weighted by Gasteiger charge is 2.38. The monoisotopic (exact) mass is 487 g/mol. The van der Waals surface area contributed by atoms with Crippen LogP contribution in [0.15, 0.2) is 24.5 Å². The van der Waals surface area contributed by atoms with Gasteiger partial charge in [-0.05, 0) is 48.9 Å². The maximum absolute atomic E-state index is 15.2. The number of thioether (sulfide) groups is 1. The van der Waals surface area contributed by atoms with E-state index in [0.717, 1.165) is 0 Å². The van der Waals surface area contributed by atoms with Crippen molar-refractivity contribution in [3.8, 4) is 18.2 Å². The minimum absolute atomic E-state index is 0.0342. The summed E-state index contributed by atoms with van der Waals surface area (Å²) in [5.74, 6) is 1.29. The molecule has 1 aromatic heterocycles. The predicted molar refractivity (Wildman–Crippen MR) is 133 cm³/mol. The first kappa shape index (κ1) is 27.1. The normalized spacial score (nSPS) is 14.4. The van der Waals surface area contributed by atoms with E-state index in [1.165, 1.54) is 24.2 Å². The van der Waals surface area contributed by atoms with Crippen molar-refractivity contribution in [3.63, 3.8) is 0 Å². The van der Waals surface area contributed by atoms with Gasteiger partial charge in [-0.2, -0.15) is 0 Å². The zero-order chi connectivity index (χ0) is 25.5. The molecule has 0 fully saturated rings. The highest BCUT2D eigenvalue weighted by molar-refractivity contribution is 8.14. The number of carbonyl (C=O) groups is 1. The van der Waals surface area contributed by atoms with Gasteiger partial charge >= 0.3 is 0 Å². The van der Waals surface area contributed by atoms with Crippen molar-refractivity contribution in [2.45, 2.75) is 38.4 Å². The number of amidine groups is 1. The van der Waals surface area contributed by atoms with Crippen molar-refractivity contribution >= 4 is 28.5 Å². The van der Waals surface area contributed by atoms with E-state index >= 15 is 4.39 Å². The molecule has 0 radical (unpaired) electrons. The Morgan fingerprint density at radius 1 is 1.38 bits per heavy atom. The number of carbonyl (C=O) groups excluding carboxylic acids is 1. The summed E-state index contributed by atoms with van der Waals surface area (Å²) in [6.45, 7) is 7.84. The number of ether oxygens (including phenoxy) is 2. The molecule has 1 heterocycles. The van der Waals surface area contributed by atoms with E-state index in [1.807, 2.05) is 20.8 Å². The third kappa shape index (κ3) is 6.68. The van der Waals surface area contributed by atoms with Crippen LogP contribution in [0.2, 0.25) is 0 Å². The van der Waals surface area contributed by atoms with Crippen molar-refractivity contribution in [1.82, 2.24) is 9.97 Å². The van der Waals surface area contributed by atoms with Crippen LogP contribution in [0.25, 0.3) is 0 Å². The molecule has 2 aromatic rings. The minimum Gasteiger partial charge on any atom is -0.463 e. The Morgan fingerprint density at radius 2 is 2.09 bits per heavy atom. The number of nitrogens with zero attached hydrogens (tertiary/aromatic N) is 2. The zero-order valence-corrected chi connectivity index (χ0v) is 20.8. The number of amides is 1. The lowest BCUT2D eigenvalue weighted by Gasteiger charge is -2.38. The van der Waals surface area contributed by atoms with Gasteiger partial charge in [-0.25, -0.2) is 14.4 Å². The summed E-state index contributed by atoms with van der Waals surface area (Å²) in [5.41, 5.74) is 6.99. The fraction of sp³-hybridized carbons (Fsp3) is 0.417. The molecule has 0 bridgehead atoms. The summed E-state index contributed by atoms with van der Waals surface area (Å²) in [4.78, 5) is 20.7. The molecular formula is C24H30FN5O3S. The summed E-state index contributed by atoms with van der Waals surface area (Å²) < 4.78 is 25.1. The highest BCUT2D eigenvalue weighted by Crippen LogP contribution is 2.42. The van der Waals surface area contributed by atoms with Crippen LogP contribution in [0.5, 0.6) is 5.88 Å². The molecule has 1 aromatic carbocycles. The van der Waals surface area contributed by atoms with E-state index in [0.29, 0.717) is 23.4 Å². The van der Waals surface area contributed by atoms with Crippen LogP contribution in [0.3, 0.4) is 0 Å². The molecule has 0 aliphatic rings. The van der Waals surface area contributed by atoms with E-state index in [2.05, 4.69) is 21.2 Å². The number of terminal acetylenes is 1. The molecular weight excluding hydrogens is 457 g/mol. The Bertz CT molecular complexity index is 1070.